The average Bonchev–Trinajstić information content (AvgIpc) is 2.30. The molecule has 3 heteroatoms. The molecule has 0 N–H and O–H groups in total. The Balaban J connectivity index is 2.23. The average molecular weight is 269 g/mol. The topological polar surface area (TPSA) is 17.1 Å². The summed E-state index contributed by atoms with van der Waals surface area (Å²) in [5, 5.41) is 0.0257. The summed E-state index contributed by atoms with van der Waals surface area (Å²) >= 11 is 5.73. The molecule has 18 heavy (non-hydrogen) atoms. The molecular weight excluding hydrogens is 251 g/mol. The zero-order valence-corrected chi connectivity index (χ0v) is 11.5. The number of hydrogen-bond donors (Lipinski definition) is 0. The largest absolute Gasteiger partial charge is 0.294 e. The number of rotatable bonds is 2. The SMILES string of the molecule is CC1CC(C)CC(C(=O)c2cccc(Cl)c2F)C1. The fourth-order valence-corrected chi connectivity index (χ4v) is 3.25. The predicted molar refractivity (Wildman–Crippen MR) is 71.4 cm³/mol. The second-order valence-electron chi connectivity index (χ2n) is 5.58. The smallest absolute Gasteiger partial charge is 0.168 e. The van der Waals surface area contributed by atoms with Crippen molar-refractivity contribution in [1.82, 2.24) is 0 Å². The molecule has 0 heterocycles. The Morgan fingerprint density at radius 2 is 1.83 bits per heavy atom. The summed E-state index contributed by atoms with van der Waals surface area (Å²) in [6, 6.07) is 4.64. The van der Waals surface area contributed by atoms with Crippen molar-refractivity contribution in [3.8, 4) is 0 Å². The Labute approximate surface area is 112 Å². The van der Waals surface area contributed by atoms with Crippen LogP contribution in [-0.2, 0) is 0 Å². The zero-order chi connectivity index (χ0) is 13.3. The highest BCUT2D eigenvalue weighted by Gasteiger charge is 2.30. The van der Waals surface area contributed by atoms with Gasteiger partial charge in [-0.1, -0.05) is 31.5 Å². The van der Waals surface area contributed by atoms with E-state index in [1.807, 2.05) is 0 Å². The highest BCUT2D eigenvalue weighted by molar-refractivity contribution is 6.31. The molecule has 2 unspecified atom stereocenters. The van der Waals surface area contributed by atoms with Crippen LogP contribution in [0.2, 0.25) is 5.02 Å². The van der Waals surface area contributed by atoms with Gasteiger partial charge in [-0.25, -0.2) is 4.39 Å². The molecule has 1 aliphatic rings. The number of hydrogen-bond acceptors (Lipinski definition) is 1. The van der Waals surface area contributed by atoms with Crippen molar-refractivity contribution < 1.29 is 9.18 Å². The van der Waals surface area contributed by atoms with Gasteiger partial charge < -0.3 is 0 Å². The molecule has 1 aliphatic carbocycles. The quantitative estimate of drug-likeness (QED) is 0.709. The van der Waals surface area contributed by atoms with Crippen LogP contribution in [0.5, 0.6) is 0 Å². The van der Waals surface area contributed by atoms with E-state index in [4.69, 9.17) is 11.6 Å². The molecule has 1 aromatic carbocycles. The zero-order valence-electron chi connectivity index (χ0n) is 10.7. The van der Waals surface area contributed by atoms with Crippen molar-refractivity contribution >= 4 is 17.4 Å². The molecule has 0 bridgehead atoms. The van der Waals surface area contributed by atoms with Gasteiger partial charge in [0.2, 0.25) is 0 Å². The van der Waals surface area contributed by atoms with Crippen LogP contribution >= 0.6 is 11.6 Å². The third-order valence-corrected chi connectivity index (χ3v) is 4.06. The van der Waals surface area contributed by atoms with Gasteiger partial charge in [-0.2, -0.15) is 0 Å². The van der Waals surface area contributed by atoms with Crippen LogP contribution in [0.1, 0.15) is 43.5 Å². The van der Waals surface area contributed by atoms with E-state index in [2.05, 4.69) is 13.8 Å². The Morgan fingerprint density at radius 1 is 1.22 bits per heavy atom. The number of carbonyl (C=O) groups excluding carboxylic acids is 1. The second kappa shape index (κ2) is 5.40. The van der Waals surface area contributed by atoms with E-state index in [0.717, 1.165) is 19.3 Å². The standard InChI is InChI=1S/C15H18ClFO/c1-9-6-10(2)8-11(7-9)15(18)12-4-3-5-13(16)14(12)17/h3-5,9-11H,6-8H2,1-2H3. The summed E-state index contributed by atoms with van der Waals surface area (Å²) in [5.41, 5.74) is 0.147. The lowest BCUT2D eigenvalue weighted by Gasteiger charge is -2.30. The molecule has 2 atom stereocenters. The monoisotopic (exact) mass is 268 g/mol. The second-order valence-corrected chi connectivity index (χ2v) is 5.99. The van der Waals surface area contributed by atoms with E-state index in [-0.39, 0.29) is 22.3 Å². The minimum Gasteiger partial charge on any atom is -0.294 e. The van der Waals surface area contributed by atoms with E-state index in [1.54, 1.807) is 6.07 Å². The number of halogens is 2. The summed E-state index contributed by atoms with van der Waals surface area (Å²) < 4.78 is 13.8. The summed E-state index contributed by atoms with van der Waals surface area (Å²) in [6.07, 6.45) is 2.87. The van der Waals surface area contributed by atoms with E-state index in [1.165, 1.54) is 12.1 Å². The molecule has 98 valence electrons. The van der Waals surface area contributed by atoms with Crippen molar-refractivity contribution in [2.75, 3.05) is 0 Å². The maximum atomic E-state index is 13.8. The highest BCUT2D eigenvalue weighted by Crippen LogP contribution is 2.35. The summed E-state index contributed by atoms with van der Waals surface area (Å²) in [4.78, 5) is 12.4. The molecule has 1 aromatic rings. The lowest BCUT2D eigenvalue weighted by Crippen LogP contribution is -2.26. The normalized spacial score (nSPS) is 28.1. The maximum absolute atomic E-state index is 13.8. The van der Waals surface area contributed by atoms with Gasteiger partial charge in [-0.05, 0) is 43.2 Å². The maximum Gasteiger partial charge on any atom is 0.168 e. The minimum atomic E-state index is -0.574. The summed E-state index contributed by atoms with van der Waals surface area (Å²) in [5.74, 6) is 0.343. The molecule has 0 radical (unpaired) electrons. The highest BCUT2D eigenvalue weighted by atomic mass is 35.5. The lowest BCUT2D eigenvalue weighted by atomic mass is 9.74. The van der Waals surface area contributed by atoms with Crippen LogP contribution in [-0.4, -0.2) is 5.78 Å². The Hall–Kier alpha value is -0.890. The van der Waals surface area contributed by atoms with E-state index in [0.29, 0.717) is 11.8 Å². The van der Waals surface area contributed by atoms with Crippen LogP contribution in [0.15, 0.2) is 18.2 Å². The number of ketones is 1. The van der Waals surface area contributed by atoms with Gasteiger partial charge in [0.05, 0.1) is 10.6 Å². The Morgan fingerprint density at radius 3 is 2.44 bits per heavy atom. The van der Waals surface area contributed by atoms with Crippen molar-refractivity contribution in [2.24, 2.45) is 17.8 Å². The Kier molecular flexibility index (Phi) is 4.06. The van der Waals surface area contributed by atoms with E-state index in [9.17, 15) is 9.18 Å². The summed E-state index contributed by atoms with van der Waals surface area (Å²) in [7, 11) is 0. The molecule has 0 saturated heterocycles. The van der Waals surface area contributed by atoms with Gasteiger partial charge in [-0.15, -0.1) is 0 Å². The molecule has 0 spiro atoms. The molecular formula is C15H18ClFO. The van der Waals surface area contributed by atoms with Gasteiger partial charge in [0, 0.05) is 5.92 Å². The van der Waals surface area contributed by atoms with Crippen molar-refractivity contribution in [3.63, 3.8) is 0 Å². The third-order valence-electron chi connectivity index (χ3n) is 3.77. The van der Waals surface area contributed by atoms with Gasteiger partial charge in [0.1, 0.15) is 0 Å². The molecule has 1 fully saturated rings. The first-order valence-corrected chi connectivity index (χ1v) is 6.85. The Bertz CT molecular complexity index is 448. The van der Waals surface area contributed by atoms with Gasteiger partial charge >= 0.3 is 0 Å². The van der Waals surface area contributed by atoms with E-state index < -0.39 is 5.82 Å². The first-order chi connectivity index (χ1) is 8.49. The van der Waals surface area contributed by atoms with Gasteiger partial charge in [-0.3, -0.25) is 4.79 Å². The predicted octanol–water partition coefficient (Wildman–Crippen LogP) is 4.73. The molecule has 0 aromatic heterocycles. The van der Waals surface area contributed by atoms with Crippen LogP contribution in [0, 0.1) is 23.6 Å². The van der Waals surface area contributed by atoms with Crippen LogP contribution in [0.3, 0.4) is 0 Å². The fourth-order valence-electron chi connectivity index (χ4n) is 3.08. The van der Waals surface area contributed by atoms with Crippen LogP contribution in [0.4, 0.5) is 4.39 Å². The number of carbonyl (C=O) groups is 1. The van der Waals surface area contributed by atoms with Gasteiger partial charge in [0.15, 0.2) is 11.6 Å². The molecule has 0 aliphatic heterocycles. The van der Waals surface area contributed by atoms with Gasteiger partial charge in [0.25, 0.3) is 0 Å². The number of Topliss-reactive ketones (excluding diaryl/α,β-unsaturated/α-hetero) is 1. The first-order valence-electron chi connectivity index (χ1n) is 6.47. The number of benzene rings is 1. The van der Waals surface area contributed by atoms with Crippen LogP contribution < -0.4 is 0 Å². The van der Waals surface area contributed by atoms with Crippen molar-refractivity contribution in [1.29, 1.82) is 0 Å². The lowest BCUT2D eigenvalue weighted by molar-refractivity contribution is 0.0832. The third kappa shape index (κ3) is 2.74. The van der Waals surface area contributed by atoms with E-state index >= 15 is 0 Å². The first kappa shape index (κ1) is 13.5. The van der Waals surface area contributed by atoms with Crippen molar-refractivity contribution in [3.05, 3.63) is 34.6 Å². The molecule has 2 rings (SSSR count). The molecule has 0 amide bonds. The summed E-state index contributed by atoms with van der Waals surface area (Å²) in [6.45, 7) is 4.31. The molecule has 1 nitrogen and oxygen atoms in total. The van der Waals surface area contributed by atoms with Crippen LogP contribution in [0.25, 0.3) is 0 Å². The minimum absolute atomic E-state index is 0.0257. The van der Waals surface area contributed by atoms with Crippen molar-refractivity contribution in [2.45, 2.75) is 33.1 Å². The molecule has 1 saturated carbocycles. The fraction of sp³-hybridized carbons (Fsp3) is 0.533.